The summed E-state index contributed by atoms with van der Waals surface area (Å²) < 4.78 is 6.52. The third-order valence-electron chi connectivity index (χ3n) is 5.87. The van der Waals surface area contributed by atoms with Crippen molar-refractivity contribution in [2.75, 3.05) is 0 Å². The van der Waals surface area contributed by atoms with Gasteiger partial charge in [-0.1, -0.05) is 49.7 Å². The predicted molar refractivity (Wildman–Crippen MR) is 95.3 cm³/mol. The van der Waals surface area contributed by atoms with Gasteiger partial charge in [0.1, 0.15) is 6.23 Å². The van der Waals surface area contributed by atoms with E-state index in [9.17, 15) is 0 Å². The van der Waals surface area contributed by atoms with Crippen LogP contribution in [0.2, 0.25) is 0 Å². The summed E-state index contributed by atoms with van der Waals surface area (Å²) >= 11 is 0. The second kappa shape index (κ2) is 5.61. The Morgan fingerprint density at radius 2 is 1.83 bits per heavy atom. The highest BCUT2D eigenvalue weighted by molar-refractivity contribution is 5.83. The maximum atomic E-state index is 6.52. The van der Waals surface area contributed by atoms with Crippen LogP contribution in [0.3, 0.4) is 0 Å². The molecule has 1 N–H and O–H groups in total. The molecule has 1 heterocycles. The summed E-state index contributed by atoms with van der Waals surface area (Å²) in [5.41, 5.74) is 1.37. The van der Waals surface area contributed by atoms with Crippen LogP contribution in [0.5, 0.6) is 0 Å². The predicted octanol–water partition coefficient (Wildman–Crippen LogP) is 5.04. The Bertz CT molecular complexity index is 708. The number of benzene rings is 2. The van der Waals surface area contributed by atoms with Gasteiger partial charge >= 0.3 is 0 Å². The van der Waals surface area contributed by atoms with E-state index < -0.39 is 0 Å². The van der Waals surface area contributed by atoms with Crippen LogP contribution >= 0.6 is 0 Å². The van der Waals surface area contributed by atoms with E-state index in [4.69, 9.17) is 4.74 Å². The Labute approximate surface area is 139 Å². The molecule has 1 saturated carbocycles. The second-order valence-electron chi connectivity index (χ2n) is 8.05. The van der Waals surface area contributed by atoms with Crippen LogP contribution in [0.1, 0.15) is 51.8 Å². The Morgan fingerprint density at radius 1 is 1.04 bits per heavy atom. The molecule has 2 aromatic rings. The topological polar surface area (TPSA) is 21.3 Å². The van der Waals surface area contributed by atoms with Gasteiger partial charge in [-0.05, 0) is 55.0 Å². The smallest absolute Gasteiger partial charge is 0.135 e. The van der Waals surface area contributed by atoms with Crippen LogP contribution < -0.4 is 5.32 Å². The first-order valence-electron chi connectivity index (χ1n) is 8.95. The molecule has 2 fully saturated rings. The first kappa shape index (κ1) is 15.2. The zero-order valence-electron chi connectivity index (χ0n) is 14.4. The molecule has 2 aliphatic rings. The van der Waals surface area contributed by atoms with E-state index in [1.165, 1.54) is 35.6 Å². The molecule has 0 amide bonds. The third kappa shape index (κ3) is 2.79. The quantitative estimate of drug-likeness (QED) is 0.796. The van der Waals surface area contributed by atoms with E-state index in [1.807, 2.05) is 0 Å². The Kier molecular flexibility index (Phi) is 3.70. The molecular weight excluding hydrogens is 282 g/mol. The lowest BCUT2D eigenvalue weighted by atomic mass is 9.70. The van der Waals surface area contributed by atoms with E-state index in [0.29, 0.717) is 12.0 Å². The van der Waals surface area contributed by atoms with E-state index in [2.05, 4.69) is 68.6 Å². The molecule has 2 aromatic carbocycles. The van der Waals surface area contributed by atoms with Crippen molar-refractivity contribution in [3.63, 3.8) is 0 Å². The molecule has 4 atom stereocenters. The van der Waals surface area contributed by atoms with Crippen LogP contribution in [-0.4, -0.2) is 11.6 Å². The number of hydrogen-bond acceptors (Lipinski definition) is 2. The Morgan fingerprint density at radius 3 is 2.65 bits per heavy atom. The minimum Gasteiger partial charge on any atom is -0.355 e. The molecule has 2 nitrogen and oxygen atoms in total. The monoisotopic (exact) mass is 309 g/mol. The molecule has 4 rings (SSSR count). The van der Waals surface area contributed by atoms with Gasteiger partial charge in [0.2, 0.25) is 0 Å². The van der Waals surface area contributed by atoms with Crippen molar-refractivity contribution in [2.24, 2.45) is 11.8 Å². The minimum absolute atomic E-state index is 0.00107. The van der Waals surface area contributed by atoms with Gasteiger partial charge in [0.05, 0.1) is 6.10 Å². The molecule has 1 saturated heterocycles. The SMILES string of the molecule is C[C@@H]1CC[C@@H]2[C@@H](C1)O[C@@H](c1ccc3ccccc3c1)NC2(C)C. The lowest BCUT2D eigenvalue weighted by molar-refractivity contribution is -0.156. The number of fused-ring (bicyclic) bond motifs is 2. The summed E-state index contributed by atoms with van der Waals surface area (Å²) in [5.74, 6) is 1.40. The van der Waals surface area contributed by atoms with Gasteiger partial charge in [-0.15, -0.1) is 0 Å². The van der Waals surface area contributed by atoms with Gasteiger partial charge in [0, 0.05) is 11.5 Å². The van der Waals surface area contributed by atoms with E-state index in [1.54, 1.807) is 0 Å². The molecule has 0 bridgehead atoms. The molecule has 1 aliphatic heterocycles. The fourth-order valence-corrected chi connectivity index (χ4v) is 4.49. The number of ether oxygens (including phenoxy) is 1. The van der Waals surface area contributed by atoms with E-state index in [-0.39, 0.29) is 11.8 Å². The zero-order valence-corrected chi connectivity index (χ0v) is 14.4. The maximum absolute atomic E-state index is 6.52. The van der Waals surface area contributed by atoms with Crippen molar-refractivity contribution in [1.82, 2.24) is 5.32 Å². The molecule has 0 unspecified atom stereocenters. The van der Waals surface area contributed by atoms with Gasteiger partial charge in [-0.3, -0.25) is 5.32 Å². The van der Waals surface area contributed by atoms with Crippen molar-refractivity contribution in [3.05, 3.63) is 48.0 Å². The highest BCUT2D eigenvalue weighted by Gasteiger charge is 2.45. The van der Waals surface area contributed by atoms with Crippen molar-refractivity contribution in [2.45, 2.75) is 57.9 Å². The standard InChI is InChI=1S/C21H27NO/c1-14-8-11-18-19(12-14)23-20(22-21(18,2)3)17-10-9-15-6-4-5-7-16(15)13-17/h4-7,9-10,13-14,18-20,22H,8,11-12H2,1-3H3/t14-,18-,19-,20+/m1/s1. The summed E-state index contributed by atoms with van der Waals surface area (Å²) in [6, 6.07) is 15.2. The van der Waals surface area contributed by atoms with E-state index >= 15 is 0 Å². The molecule has 122 valence electrons. The first-order chi connectivity index (χ1) is 11.0. The fraction of sp³-hybridized carbons (Fsp3) is 0.524. The number of nitrogens with one attached hydrogen (secondary N) is 1. The Balaban J connectivity index is 1.65. The largest absolute Gasteiger partial charge is 0.355 e. The van der Waals surface area contributed by atoms with Crippen LogP contribution in [0.15, 0.2) is 42.5 Å². The Hall–Kier alpha value is -1.38. The lowest BCUT2D eigenvalue weighted by Crippen LogP contribution is -2.59. The fourth-order valence-electron chi connectivity index (χ4n) is 4.49. The molecular formula is C21H27NO. The van der Waals surface area contributed by atoms with Gasteiger partial charge in [-0.25, -0.2) is 0 Å². The molecule has 1 aliphatic carbocycles. The first-order valence-corrected chi connectivity index (χ1v) is 8.95. The summed E-state index contributed by atoms with van der Waals surface area (Å²) in [7, 11) is 0. The van der Waals surface area contributed by atoms with Crippen LogP contribution in [0.4, 0.5) is 0 Å². The van der Waals surface area contributed by atoms with Crippen LogP contribution in [0.25, 0.3) is 10.8 Å². The minimum atomic E-state index is 0.00107. The van der Waals surface area contributed by atoms with Crippen molar-refractivity contribution >= 4 is 10.8 Å². The van der Waals surface area contributed by atoms with E-state index in [0.717, 1.165) is 5.92 Å². The van der Waals surface area contributed by atoms with Gasteiger partial charge in [-0.2, -0.15) is 0 Å². The van der Waals surface area contributed by atoms with Crippen molar-refractivity contribution < 1.29 is 4.74 Å². The summed E-state index contributed by atoms with van der Waals surface area (Å²) in [6.45, 7) is 7.05. The van der Waals surface area contributed by atoms with Crippen molar-refractivity contribution in [1.29, 1.82) is 0 Å². The highest BCUT2D eigenvalue weighted by atomic mass is 16.5. The normalized spacial score (nSPS) is 33.3. The van der Waals surface area contributed by atoms with Crippen molar-refractivity contribution in [3.8, 4) is 0 Å². The van der Waals surface area contributed by atoms with Gasteiger partial charge < -0.3 is 4.74 Å². The summed E-state index contributed by atoms with van der Waals surface area (Å²) in [5, 5.41) is 6.34. The number of rotatable bonds is 1. The van der Waals surface area contributed by atoms with Gasteiger partial charge in [0.15, 0.2) is 0 Å². The molecule has 23 heavy (non-hydrogen) atoms. The summed E-state index contributed by atoms with van der Waals surface area (Å²) in [6.07, 6.45) is 4.18. The molecule has 0 aromatic heterocycles. The average molecular weight is 309 g/mol. The maximum Gasteiger partial charge on any atom is 0.135 e. The molecule has 2 heteroatoms. The molecule has 0 radical (unpaired) electrons. The zero-order chi connectivity index (χ0) is 16.0. The van der Waals surface area contributed by atoms with Crippen LogP contribution in [-0.2, 0) is 4.74 Å². The third-order valence-corrected chi connectivity index (χ3v) is 5.87. The average Bonchev–Trinajstić information content (AvgIpc) is 2.53. The summed E-state index contributed by atoms with van der Waals surface area (Å²) in [4.78, 5) is 0. The lowest BCUT2D eigenvalue weighted by Gasteiger charge is -2.51. The second-order valence-corrected chi connectivity index (χ2v) is 8.05. The van der Waals surface area contributed by atoms with Gasteiger partial charge in [0.25, 0.3) is 0 Å². The molecule has 0 spiro atoms. The number of hydrogen-bond donors (Lipinski definition) is 1. The van der Waals surface area contributed by atoms with Crippen LogP contribution in [0, 0.1) is 11.8 Å². The highest BCUT2D eigenvalue weighted by Crippen LogP contribution is 2.43.